The van der Waals surface area contributed by atoms with Crippen molar-refractivity contribution in [2.45, 2.75) is 19.3 Å². The maximum atomic E-state index is 4.46. The van der Waals surface area contributed by atoms with Gasteiger partial charge in [0.25, 0.3) is 0 Å². The first-order chi connectivity index (χ1) is 6.93. The summed E-state index contributed by atoms with van der Waals surface area (Å²) < 4.78 is 0. The average molecular weight is 183 g/mol. The minimum atomic E-state index is 0.933. The average Bonchev–Trinajstić information content (AvgIpc) is 3.03. The molecule has 1 aliphatic carbocycles. The molecule has 1 heterocycles. The molecule has 0 amide bonds. The summed E-state index contributed by atoms with van der Waals surface area (Å²) in [5.41, 5.74) is 2.62. The molecule has 0 atom stereocenters. The Balaban J connectivity index is 2.11. The SMILES string of the molecule is c1cnc2c(CC3CC3)cccc2c1. The van der Waals surface area contributed by atoms with Crippen molar-refractivity contribution in [1.29, 1.82) is 0 Å². The Morgan fingerprint density at radius 2 is 2.00 bits per heavy atom. The Kier molecular flexibility index (Phi) is 1.76. The van der Waals surface area contributed by atoms with Crippen molar-refractivity contribution in [2.75, 3.05) is 0 Å². The minimum absolute atomic E-state index is 0.933. The molecule has 1 aromatic carbocycles. The maximum absolute atomic E-state index is 4.46. The molecule has 0 spiro atoms. The van der Waals surface area contributed by atoms with E-state index in [1.165, 1.54) is 35.7 Å². The second-order valence-electron chi connectivity index (χ2n) is 4.14. The molecule has 1 heteroatoms. The lowest BCUT2D eigenvalue weighted by Gasteiger charge is -2.03. The van der Waals surface area contributed by atoms with Crippen LogP contribution in [0.2, 0.25) is 0 Å². The van der Waals surface area contributed by atoms with Crippen LogP contribution < -0.4 is 0 Å². The van der Waals surface area contributed by atoms with Crippen LogP contribution in [0.4, 0.5) is 0 Å². The Labute approximate surface area is 83.8 Å². The van der Waals surface area contributed by atoms with Crippen molar-refractivity contribution >= 4 is 10.9 Å². The number of hydrogen-bond acceptors (Lipinski definition) is 1. The van der Waals surface area contributed by atoms with Gasteiger partial charge in [0.05, 0.1) is 5.52 Å². The number of nitrogens with zero attached hydrogens (tertiary/aromatic N) is 1. The zero-order chi connectivity index (χ0) is 9.38. The molecule has 1 aliphatic rings. The quantitative estimate of drug-likeness (QED) is 0.696. The van der Waals surface area contributed by atoms with Crippen molar-refractivity contribution in [3.8, 4) is 0 Å². The Hall–Kier alpha value is -1.37. The summed E-state index contributed by atoms with van der Waals surface area (Å²) in [6.45, 7) is 0. The lowest BCUT2D eigenvalue weighted by atomic mass is 10.0. The van der Waals surface area contributed by atoms with Crippen molar-refractivity contribution in [3.63, 3.8) is 0 Å². The van der Waals surface area contributed by atoms with Crippen LogP contribution in [-0.4, -0.2) is 4.98 Å². The third-order valence-corrected chi connectivity index (χ3v) is 2.92. The van der Waals surface area contributed by atoms with Gasteiger partial charge < -0.3 is 0 Å². The number of hydrogen-bond donors (Lipinski definition) is 0. The zero-order valence-electron chi connectivity index (χ0n) is 8.11. The molecule has 1 aromatic heterocycles. The molecule has 1 fully saturated rings. The van der Waals surface area contributed by atoms with Gasteiger partial charge in [0.1, 0.15) is 0 Å². The van der Waals surface area contributed by atoms with Crippen LogP contribution in [0.15, 0.2) is 36.5 Å². The van der Waals surface area contributed by atoms with Gasteiger partial charge in [-0.1, -0.05) is 24.3 Å². The van der Waals surface area contributed by atoms with Gasteiger partial charge in [-0.25, -0.2) is 0 Å². The van der Waals surface area contributed by atoms with Crippen LogP contribution >= 0.6 is 0 Å². The van der Waals surface area contributed by atoms with E-state index in [1.807, 2.05) is 12.3 Å². The molecule has 0 unspecified atom stereocenters. The van der Waals surface area contributed by atoms with Gasteiger partial charge in [0.15, 0.2) is 0 Å². The smallest absolute Gasteiger partial charge is 0.0733 e. The first-order valence-electron chi connectivity index (χ1n) is 5.26. The molecule has 70 valence electrons. The van der Waals surface area contributed by atoms with Gasteiger partial charge in [0.2, 0.25) is 0 Å². The number of rotatable bonds is 2. The lowest BCUT2D eigenvalue weighted by Crippen LogP contribution is -1.90. The predicted octanol–water partition coefficient (Wildman–Crippen LogP) is 3.19. The van der Waals surface area contributed by atoms with Gasteiger partial charge in [-0.05, 0) is 36.8 Å². The van der Waals surface area contributed by atoms with E-state index >= 15 is 0 Å². The van der Waals surface area contributed by atoms with E-state index in [1.54, 1.807) is 0 Å². The summed E-state index contributed by atoms with van der Waals surface area (Å²) in [5.74, 6) is 0.933. The molecule has 2 aromatic rings. The van der Waals surface area contributed by atoms with Gasteiger partial charge in [-0.3, -0.25) is 4.98 Å². The van der Waals surface area contributed by atoms with Crippen LogP contribution in [0, 0.1) is 5.92 Å². The summed E-state index contributed by atoms with van der Waals surface area (Å²) in [7, 11) is 0. The van der Waals surface area contributed by atoms with E-state index in [4.69, 9.17) is 0 Å². The molecule has 3 rings (SSSR count). The summed E-state index contributed by atoms with van der Waals surface area (Å²) in [4.78, 5) is 4.46. The predicted molar refractivity (Wildman–Crippen MR) is 58.2 cm³/mol. The Bertz CT molecular complexity index is 452. The molecular formula is C13H13N. The third-order valence-electron chi connectivity index (χ3n) is 2.92. The molecule has 0 aliphatic heterocycles. The van der Waals surface area contributed by atoms with Crippen LogP contribution in [-0.2, 0) is 6.42 Å². The molecule has 0 radical (unpaired) electrons. The van der Waals surface area contributed by atoms with Gasteiger partial charge in [0, 0.05) is 11.6 Å². The van der Waals surface area contributed by atoms with Crippen molar-refractivity contribution in [3.05, 3.63) is 42.1 Å². The van der Waals surface area contributed by atoms with Gasteiger partial charge >= 0.3 is 0 Å². The first kappa shape index (κ1) is 7.98. The molecule has 0 N–H and O–H groups in total. The van der Waals surface area contributed by atoms with Gasteiger partial charge in [-0.2, -0.15) is 0 Å². The number of aromatic nitrogens is 1. The van der Waals surface area contributed by atoms with E-state index in [0.717, 1.165) is 5.92 Å². The second-order valence-corrected chi connectivity index (χ2v) is 4.14. The molecule has 0 bridgehead atoms. The van der Waals surface area contributed by atoms with E-state index in [2.05, 4.69) is 29.2 Å². The van der Waals surface area contributed by atoms with Crippen LogP contribution in [0.5, 0.6) is 0 Å². The molecule has 1 saturated carbocycles. The summed E-state index contributed by atoms with van der Waals surface area (Å²) in [5, 5.41) is 1.27. The number of benzene rings is 1. The number of pyridine rings is 1. The van der Waals surface area contributed by atoms with Gasteiger partial charge in [-0.15, -0.1) is 0 Å². The van der Waals surface area contributed by atoms with E-state index in [-0.39, 0.29) is 0 Å². The standard InChI is InChI=1S/C13H13N/c1-3-11-5-2-8-14-13(11)12(4-1)9-10-6-7-10/h1-5,8,10H,6-7,9H2. The van der Waals surface area contributed by atoms with E-state index < -0.39 is 0 Å². The fraction of sp³-hybridized carbons (Fsp3) is 0.308. The monoisotopic (exact) mass is 183 g/mol. The Morgan fingerprint density at radius 1 is 1.14 bits per heavy atom. The lowest BCUT2D eigenvalue weighted by molar-refractivity contribution is 0.836. The highest BCUT2D eigenvalue weighted by Crippen LogP contribution is 2.34. The highest BCUT2D eigenvalue weighted by Gasteiger charge is 2.22. The second kappa shape index (κ2) is 3.09. The van der Waals surface area contributed by atoms with Crippen LogP contribution in [0.3, 0.4) is 0 Å². The van der Waals surface area contributed by atoms with Crippen molar-refractivity contribution in [2.24, 2.45) is 5.92 Å². The van der Waals surface area contributed by atoms with Crippen LogP contribution in [0.25, 0.3) is 10.9 Å². The van der Waals surface area contributed by atoms with Crippen LogP contribution in [0.1, 0.15) is 18.4 Å². The van der Waals surface area contributed by atoms with E-state index in [9.17, 15) is 0 Å². The summed E-state index contributed by atoms with van der Waals surface area (Å²) >= 11 is 0. The number of para-hydroxylation sites is 1. The minimum Gasteiger partial charge on any atom is -0.256 e. The fourth-order valence-electron chi connectivity index (χ4n) is 1.97. The molecule has 0 saturated heterocycles. The molecule has 14 heavy (non-hydrogen) atoms. The largest absolute Gasteiger partial charge is 0.256 e. The van der Waals surface area contributed by atoms with Crippen molar-refractivity contribution in [1.82, 2.24) is 4.98 Å². The summed E-state index contributed by atoms with van der Waals surface area (Å²) in [6, 6.07) is 10.6. The first-order valence-corrected chi connectivity index (χ1v) is 5.26. The topological polar surface area (TPSA) is 12.9 Å². The number of fused-ring (bicyclic) bond motifs is 1. The normalized spacial score (nSPS) is 16.0. The summed E-state index contributed by atoms with van der Waals surface area (Å²) in [6.07, 6.45) is 5.92. The molecular weight excluding hydrogens is 170 g/mol. The Morgan fingerprint density at radius 3 is 2.86 bits per heavy atom. The fourth-order valence-corrected chi connectivity index (χ4v) is 1.97. The highest BCUT2D eigenvalue weighted by atomic mass is 14.6. The highest BCUT2D eigenvalue weighted by molar-refractivity contribution is 5.81. The van der Waals surface area contributed by atoms with Crippen molar-refractivity contribution < 1.29 is 0 Å². The zero-order valence-corrected chi connectivity index (χ0v) is 8.11. The van der Waals surface area contributed by atoms with E-state index in [0.29, 0.717) is 0 Å². The molecule has 1 nitrogen and oxygen atoms in total. The maximum Gasteiger partial charge on any atom is 0.0733 e. The third kappa shape index (κ3) is 1.39.